The lowest BCUT2D eigenvalue weighted by Gasteiger charge is -2.26. The molecule has 3 rings (SSSR count). The number of halogens is 1. The summed E-state index contributed by atoms with van der Waals surface area (Å²) in [6.07, 6.45) is 0. The molecule has 3 aromatic rings. The molecule has 0 aromatic heterocycles. The van der Waals surface area contributed by atoms with Crippen molar-refractivity contribution in [3.63, 3.8) is 0 Å². The van der Waals surface area contributed by atoms with Gasteiger partial charge in [-0.25, -0.2) is 8.42 Å². The van der Waals surface area contributed by atoms with Gasteiger partial charge in [0.1, 0.15) is 12.3 Å². The van der Waals surface area contributed by atoms with Gasteiger partial charge in [-0.1, -0.05) is 54.1 Å². The summed E-state index contributed by atoms with van der Waals surface area (Å²) in [4.78, 5) is 12.9. The summed E-state index contributed by atoms with van der Waals surface area (Å²) < 4.78 is 33.2. The minimum atomic E-state index is -4.00. The quantitative estimate of drug-likeness (QED) is 0.549. The molecule has 6 nitrogen and oxygen atoms in total. The highest BCUT2D eigenvalue weighted by Crippen LogP contribution is 2.30. The van der Waals surface area contributed by atoms with E-state index in [4.69, 9.17) is 16.3 Å². The highest BCUT2D eigenvalue weighted by atomic mass is 35.5. The van der Waals surface area contributed by atoms with E-state index in [1.165, 1.54) is 12.1 Å². The standard InChI is InChI=1S/C23H23ClN2O4S/c1-17-20(24)12-8-13-21(17)26(31(28,29)19-10-4-3-5-11-19)16-23(27)25-15-18-9-6-7-14-22(18)30-2/h3-14H,15-16H2,1-2H3,(H,25,27). The third-order valence-electron chi connectivity index (χ3n) is 4.79. The monoisotopic (exact) mass is 458 g/mol. The smallest absolute Gasteiger partial charge is 0.264 e. The van der Waals surface area contributed by atoms with E-state index in [2.05, 4.69) is 5.32 Å². The topological polar surface area (TPSA) is 75.7 Å². The average molecular weight is 459 g/mol. The lowest BCUT2D eigenvalue weighted by molar-refractivity contribution is -0.119. The average Bonchev–Trinajstić information content (AvgIpc) is 2.79. The van der Waals surface area contributed by atoms with Gasteiger partial charge in [0.05, 0.1) is 17.7 Å². The van der Waals surface area contributed by atoms with Gasteiger partial charge >= 0.3 is 0 Å². The molecule has 31 heavy (non-hydrogen) atoms. The molecular weight excluding hydrogens is 436 g/mol. The van der Waals surface area contributed by atoms with Crippen molar-refractivity contribution in [3.05, 3.63) is 88.9 Å². The Labute approximate surface area is 187 Å². The number of benzene rings is 3. The molecule has 8 heteroatoms. The Bertz CT molecular complexity index is 1170. The fourth-order valence-electron chi connectivity index (χ4n) is 3.11. The molecule has 0 aliphatic heterocycles. The number of amides is 1. The van der Waals surface area contributed by atoms with Gasteiger partial charge in [0.15, 0.2) is 0 Å². The van der Waals surface area contributed by atoms with Crippen molar-refractivity contribution in [1.29, 1.82) is 0 Å². The van der Waals surface area contributed by atoms with Crippen molar-refractivity contribution in [2.45, 2.75) is 18.4 Å². The number of carbonyl (C=O) groups is 1. The fourth-order valence-corrected chi connectivity index (χ4v) is 4.78. The predicted octanol–water partition coefficient (Wildman–Crippen LogP) is 4.17. The highest BCUT2D eigenvalue weighted by molar-refractivity contribution is 7.92. The first-order valence-electron chi connectivity index (χ1n) is 9.56. The summed E-state index contributed by atoms with van der Waals surface area (Å²) in [5, 5.41) is 3.19. The van der Waals surface area contributed by atoms with Gasteiger partial charge in [-0.2, -0.15) is 0 Å². The normalized spacial score (nSPS) is 11.1. The third kappa shape index (κ3) is 5.18. The lowest BCUT2D eigenvalue weighted by atomic mass is 10.2. The molecule has 1 N–H and O–H groups in total. The Balaban J connectivity index is 1.90. The summed E-state index contributed by atoms with van der Waals surface area (Å²) in [6, 6.07) is 20.3. The maximum absolute atomic E-state index is 13.4. The van der Waals surface area contributed by atoms with Crippen molar-refractivity contribution in [3.8, 4) is 5.75 Å². The van der Waals surface area contributed by atoms with Crippen LogP contribution in [0.25, 0.3) is 0 Å². The summed E-state index contributed by atoms with van der Waals surface area (Å²) >= 11 is 6.23. The van der Waals surface area contributed by atoms with E-state index in [9.17, 15) is 13.2 Å². The van der Waals surface area contributed by atoms with Gasteiger partial charge in [-0.3, -0.25) is 9.10 Å². The van der Waals surface area contributed by atoms with Crippen molar-refractivity contribution in [2.75, 3.05) is 18.0 Å². The van der Waals surface area contributed by atoms with Gasteiger partial charge in [0, 0.05) is 17.1 Å². The Hall–Kier alpha value is -3.03. The predicted molar refractivity (Wildman–Crippen MR) is 122 cm³/mol. The van der Waals surface area contributed by atoms with Crippen LogP contribution < -0.4 is 14.4 Å². The maximum atomic E-state index is 13.4. The SMILES string of the molecule is COc1ccccc1CNC(=O)CN(c1cccc(Cl)c1C)S(=O)(=O)c1ccccc1. The minimum absolute atomic E-state index is 0.0897. The van der Waals surface area contributed by atoms with Crippen LogP contribution in [0, 0.1) is 6.92 Å². The van der Waals surface area contributed by atoms with Crippen LogP contribution in [0.2, 0.25) is 5.02 Å². The van der Waals surface area contributed by atoms with E-state index in [1.807, 2.05) is 18.2 Å². The number of nitrogens with one attached hydrogen (secondary N) is 1. The number of rotatable bonds is 8. The molecule has 0 atom stereocenters. The zero-order valence-electron chi connectivity index (χ0n) is 17.2. The van der Waals surface area contributed by atoms with E-state index in [-0.39, 0.29) is 11.4 Å². The van der Waals surface area contributed by atoms with Gasteiger partial charge in [-0.05, 0) is 42.8 Å². The third-order valence-corrected chi connectivity index (χ3v) is 6.98. The van der Waals surface area contributed by atoms with E-state index < -0.39 is 22.5 Å². The van der Waals surface area contributed by atoms with Crippen molar-refractivity contribution in [1.82, 2.24) is 5.32 Å². The van der Waals surface area contributed by atoms with Crippen LogP contribution in [0.5, 0.6) is 5.75 Å². The molecule has 0 radical (unpaired) electrons. The number of hydrogen-bond donors (Lipinski definition) is 1. The molecule has 3 aromatic carbocycles. The van der Waals surface area contributed by atoms with Crippen LogP contribution in [0.3, 0.4) is 0 Å². The Morgan fingerprint density at radius 1 is 1.00 bits per heavy atom. The second-order valence-corrected chi connectivity index (χ2v) is 9.07. The Morgan fingerprint density at radius 3 is 2.39 bits per heavy atom. The number of nitrogens with zero attached hydrogens (tertiary/aromatic N) is 1. The summed E-state index contributed by atoms with van der Waals surface area (Å²) in [5.74, 6) is 0.187. The van der Waals surface area contributed by atoms with Crippen LogP contribution in [0.4, 0.5) is 5.69 Å². The molecule has 0 aliphatic carbocycles. The maximum Gasteiger partial charge on any atom is 0.264 e. The van der Waals surface area contributed by atoms with Crippen LogP contribution in [0.15, 0.2) is 77.7 Å². The van der Waals surface area contributed by atoms with E-state index >= 15 is 0 Å². The first kappa shape index (κ1) is 22.7. The van der Waals surface area contributed by atoms with E-state index in [0.717, 1.165) is 9.87 Å². The largest absolute Gasteiger partial charge is 0.496 e. The van der Waals surface area contributed by atoms with E-state index in [0.29, 0.717) is 22.0 Å². The molecular formula is C23H23ClN2O4S. The molecule has 0 aliphatic rings. The van der Waals surface area contributed by atoms with E-state index in [1.54, 1.807) is 56.5 Å². The number of sulfonamides is 1. The Morgan fingerprint density at radius 2 is 1.68 bits per heavy atom. The number of ether oxygens (including phenoxy) is 1. The number of carbonyl (C=O) groups excluding carboxylic acids is 1. The van der Waals surface area contributed by atoms with Crippen molar-refractivity contribution < 1.29 is 17.9 Å². The van der Waals surface area contributed by atoms with Crippen LogP contribution in [0.1, 0.15) is 11.1 Å². The number of methoxy groups -OCH3 is 1. The molecule has 0 heterocycles. The van der Waals surface area contributed by atoms with Gasteiger partial charge in [0.25, 0.3) is 10.0 Å². The molecule has 0 spiro atoms. The van der Waals surface area contributed by atoms with Crippen LogP contribution >= 0.6 is 11.6 Å². The van der Waals surface area contributed by atoms with Gasteiger partial charge < -0.3 is 10.1 Å². The minimum Gasteiger partial charge on any atom is -0.496 e. The Kier molecular flexibility index (Phi) is 7.20. The molecule has 0 saturated heterocycles. The molecule has 1 amide bonds. The zero-order chi connectivity index (χ0) is 22.4. The molecule has 0 fully saturated rings. The highest BCUT2D eigenvalue weighted by Gasteiger charge is 2.28. The number of anilines is 1. The second-order valence-electron chi connectivity index (χ2n) is 6.80. The van der Waals surface area contributed by atoms with Gasteiger partial charge in [0.2, 0.25) is 5.91 Å². The summed E-state index contributed by atoms with van der Waals surface area (Å²) in [6.45, 7) is 1.53. The number of hydrogen-bond acceptors (Lipinski definition) is 4. The van der Waals surface area contributed by atoms with Crippen molar-refractivity contribution >= 4 is 33.2 Å². The molecule has 0 unspecified atom stereocenters. The zero-order valence-corrected chi connectivity index (χ0v) is 18.8. The first-order chi connectivity index (χ1) is 14.8. The first-order valence-corrected chi connectivity index (χ1v) is 11.4. The fraction of sp³-hybridized carbons (Fsp3) is 0.174. The second kappa shape index (κ2) is 9.85. The van der Waals surface area contributed by atoms with Crippen LogP contribution in [-0.4, -0.2) is 28.0 Å². The van der Waals surface area contributed by atoms with Crippen LogP contribution in [-0.2, 0) is 21.4 Å². The summed E-state index contributed by atoms with van der Waals surface area (Å²) in [5.41, 5.74) is 1.71. The number of para-hydroxylation sites is 1. The molecule has 162 valence electrons. The molecule has 0 bridgehead atoms. The van der Waals surface area contributed by atoms with Gasteiger partial charge in [-0.15, -0.1) is 0 Å². The lowest BCUT2D eigenvalue weighted by Crippen LogP contribution is -2.41. The molecule has 0 saturated carbocycles. The summed E-state index contributed by atoms with van der Waals surface area (Å²) in [7, 11) is -2.44. The van der Waals surface area contributed by atoms with Crippen molar-refractivity contribution in [2.24, 2.45) is 0 Å².